The first kappa shape index (κ1) is 19.8. The Morgan fingerprint density at radius 1 is 1.27 bits per heavy atom. The molecule has 1 saturated heterocycles. The molecule has 1 aromatic carbocycles. The van der Waals surface area contributed by atoms with Gasteiger partial charge < -0.3 is 15.0 Å². The number of piperazine rings is 1. The van der Waals surface area contributed by atoms with E-state index in [2.05, 4.69) is 22.0 Å². The van der Waals surface area contributed by atoms with E-state index in [-0.39, 0.29) is 17.6 Å². The lowest BCUT2D eigenvalue weighted by atomic mass is 10.1. The van der Waals surface area contributed by atoms with Gasteiger partial charge in [0.15, 0.2) is 0 Å². The van der Waals surface area contributed by atoms with Gasteiger partial charge >= 0.3 is 0 Å². The normalized spacial score (nSPS) is 17.2. The van der Waals surface area contributed by atoms with Crippen LogP contribution in [0.4, 0.5) is 0 Å². The summed E-state index contributed by atoms with van der Waals surface area (Å²) < 4.78 is 4.55. The molecule has 0 aliphatic carbocycles. The lowest BCUT2D eigenvalue weighted by Crippen LogP contribution is -2.52. The minimum Gasteiger partial charge on any atom is -0.462 e. The molecule has 1 atom stereocenters. The second-order valence-electron chi connectivity index (χ2n) is 7.27. The van der Waals surface area contributed by atoms with E-state index >= 15 is 0 Å². The van der Waals surface area contributed by atoms with Gasteiger partial charge in [0.25, 0.3) is 12.4 Å². The maximum absolute atomic E-state index is 12.5. The van der Waals surface area contributed by atoms with Crippen LogP contribution in [0.3, 0.4) is 0 Å². The van der Waals surface area contributed by atoms with E-state index < -0.39 is 0 Å². The van der Waals surface area contributed by atoms with Gasteiger partial charge in [-0.15, -0.1) is 0 Å². The van der Waals surface area contributed by atoms with Gasteiger partial charge in [-0.1, -0.05) is 24.3 Å². The molecule has 1 aromatic heterocycles. The molecular formula is C20H27N3O3. The number of ether oxygens (including phenoxy) is 1. The number of hydrogen-bond donors (Lipinski definition) is 1. The molecule has 26 heavy (non-hydrogen) atoms. The number of fused-ring (bicyclic) bond motifs is 1. The molecule has 2 aromatic rings. The molecule has 6 heteroatoms. The van der Waals surface area contributed by atoms with Gasteiger partial charge in [0.2, 0.25) is 0 Å². The van der Waals surface area contributed by atoms with Gasteiger partial charge in [0, 0.05) is 31.1 Å². The van der Waals surface area contributed by atoms with E-state index in [1.807, 2.05) is 62.1 Å². The second-order valence-corrected chi connectivity index (χ2v) is 7.27. The fraction of sp³-hybridized carbons (Fsp3) is 0.450. The number of para-hydroxylation sites is 1. The van der Waals surface area contributed by atoms with Crippen LogP contribution >= 0.6 is 0 Å². The molecular weight excluding hydrogens is 330 g/mol. The number of hydrogen-bond acceptors (Lipinski definition) is 5. The molecule has 1 aliphatic heterocycles. The Bertz CT molecular complexity index is 755. The summed E-state index contributed by atoms with van der Waals surface area (Å²) in [5.74, 6) is 0.0275. The van der Waals surface area contributed by atoms with Crippen molar-refractivity contribution >= 4 is 23.3 Å². The zero-order valence-electron chi connectivity index (χ0n) is 15.9. The molecule has 1 N–H and O–H groups in total. The van der Waals surface area contributed by atoms with Crippen molar-refractivity contribution < 1.29 is 14.3 Å². The highest BCUT2D eigenvalue weighted by Crippen LogP contribution is 2.14. The summed E-state index contributed by atoms with van der Waals surface area (Å²) >= 11 is 0. The molecule has 3 rings (SSSR count). The Labute approximate surface area is 154 Å². The summed E-state index contributed by atoms with van der Waals surface area (Å²) in [4.78, 5) is 28.5. The van der Waals surface area contributed by atoms with E-state index in [1.165, 1.54) is 0 Å². The van der Waals surface area contributed by atoms with Crippen LogP contribution in [0.5, 0.6) is 0 Å². The molecule has 2 heterocycles. The van der Waals surface area contributed by atoms with Gasteiger partial charge in [-0.2, -0.15) is 0 Å². The summed E-state index contributed by atoms with van der Waals surface area (Å²) in [6.07, 6.45) is 0. The van der Waals surface area contributed by atoms with E-state index in [0.29, 0.717) is 12.2 Å². The summed E-state index contributed by atoms with van der Waals surface area (Å²) in [5, 5.41) is 4.35. The minimum atomic E-state index is -0.318. The molecule has 1 amide bonds. The number of nitrogens with one attached hydrogen (secondary N) is 1. The predicted molar refractivity (Wildman–Crippen MR) is 102 cm³/mol. The molecule has 1 aliphatic rings. The van der Waals surface area contributed by atoms with Crippen molar-refractivity contribution in [2.75, 3.05) is 19.6 Å². The molecule has 0 saturated carbocycles. The standard InChI is InChI=1S/C15H17N3O.C5H10O2/c1-11-10-16-8-9-18(11)15(19)14-7-6-12-4-2-3-5-13(12)17-14;1-5(2,3)7-4-6/h2-7,11,16H,8-10H2,1H3;4H,1-3H3/t11-;/m1./s1. The highest BCUT2D eigenvalue weighted by atomic mass is 16.5. The monoisotopic (exact) mass is 357 g/mol. The number of amides is 1. The van der Waals surface area contributed by atoms with Crippen LogP contribution in [0.1, 0.15) is 38.2 Å². The summed E-state index contributed by atoms with van der Waals surface area (Å²) in [7, 11) is 0. The van der Waals surface area contributed by atoms with Crippen LogP contribution < -0.4 is 5.32 Å². The molecule has 0 bridgehead atoms. The Kier molecular flexibility index (Phi) is 6.69. The quantitative estimate of drug-likeness (QED) is 0.837. The highest BCUT2D eigenvalue weighted by Gasteiger charge is 2.24. The van der Waals surface area contributed by atoms with Gasteiger partial charge in [0.05, 0.1) is 5.52 Å². The number of carbonyl (C=O) groups is 2. The average molecular weight is 357 g/mol. The van der Waals surface area contributed by atoms with E-state index in [1.54, 1.807) is 0 Å². The molecule has 140 valence electrons. The Hall–Kier alpha value is -2.47. The number of benzene rings is 1. The van der Waals surface area contributed by atoms with E-state index in [4.69, 9.17) is 0 Å². The number of carbonyl (C=O) groups excluding carboxylic acids is 2. The first-order valence-corrected chi connectivity index (χ1v) is 8.81. The maximum atomic E-state index is 12.5. The molecule has 0 spiro atoms. The Morgan fingerprint density at radius 3 is 2.62 bits per heavy atom. The van der Waals surface area contributed by atoms with Crippen molar-refractivity contribution in [1.29, 1.82) is 0 Å². The summed E-state index contributed by atoms with van der Waals surface area (Å²) in [6.45, 7) is 10.4. The zero-order valence-corrected chi connectivity index (χ0v) is 15.9. The summed E-state index contributed by atoms with van der Waals surface area (Å²) in [5.41, 5.74) is 1.09. The van der Waals surface area contributed by atoms with Crippen LogP contribution in [0.2, 0.25) is 0 Å². The van der Waals surface area contributed by atoms with E-state index in [9.17, 15) is 9.59 Å². The second kappa shape index (κ2) is 8.76. The van der Waals surface area contributed by atoms with Gasteiger partial charge in [-0.05, 0) is 39.8 Å². The smallest absolute Gasteiger partial charge is 0.293 e. The van der Waals surface area contributed by atoms with Crippen molar-refractivity contribution in [1.82, 2.24) is 15.2 Å². The third kappa shape index (κ3) is 5.52. The third-order valence-electron chi connectivity index (χ3n) is 3.98. The first-order valence-electron chi connectivity index (χ1n) is 8.81. The van der Waals surface area contributed by atoms with Gasteiger partial charge in [0.1, 0.15) is 11.3 Å². The molecule has 0 unspecified atom stereocenters. The van der Waals surface area contributed by atoms with Crippen molar-refractivity contribution in [2.24, 2.45) is 0 Å². The number of pyridine rings is 1. The van der Waals surface area contributed by atoms with Gasteiger partial charge in [-0.3, -0.25) is 9.59 Å². The van der Waals surface area contributed by atoms with Crippen molar-refractivity contribution in [2.45, 2.75) is 39.3 Å². The minimum absolute atomic E-state index is 0.0275. The lowest BCUT2D eigenvalue weighted by Gasteiger charge is -2.33. The molecule has 6 nitrogen and oxygen atoms in total. The van der Waals surface area contributed by atoms with E-state index in [0.717, 1.165) is 30.5 Å². The van der Waals surface area contributed by atoms with Crippen LogP contribution in [-0.4, -0.2) is 53.5 Å². The zero-order chi connectivity index (χ0) is 19.2. The first-order chi connectivity index (χ1) is 12.3. The number of nitrogens with zero attached hydrogens (tertiary/aromatic N) is 2. The highest BCUT2D eigenvalue weighted by molar-refractivity contribution is 5.95. The Balaban J connectivity index is 0.000000298. The third-order valence-corrected chi connectivity index (χ3v) is 3.98. The summed E-state index contributed by atoms with van der Waals surface area (Å²) in [6, 6.07) is 11.9. The average Bonchev–Trinajstić information content (AvgIpc) is 2.61. The number of aromatic nitrogens is 1. The molecule has 0 radical (unpaired) electrons. The largest absolute Gasteiger partial charge is 0.462 e. The van der Waals surface area contributed by atoms with Crippen LogP contribution in [0.15, 0.2) is 36.4 Å². The lowest BCUT2D eigenvalue weighted by molar-refractivity contribution is -0.138. The topological polar surface area (TPSA) is 71.5 Å². The van der Waals surface area contributed by atoms with Crippen LogP contribution in [0, 0.1) is 0 Å². The van der Waals surface area contributed by atoms with Crippen molar-refractivity contribution in [3.05, 3.63) is 42.1 Å². The van der Waals surface area contributed by atoms with Crippen molar-refractivity contribution in [3.63, 3.8) is 0 Å². The Morgan fingerprint density at radius 2 is 2.00 bits per heavy atom. The predicted octanol–water partition coefficient (Wildman–Crippen LogP) is 2.63. The fourth-order valence-corrected chi connectivity index (χ4v) is 2.62. The van der Waals surface area contributed by atoms with Gasteiger partial charge in [-0.25, -0.2) is 4.98 Å². The van der Waals surface area contributed by atoms with Crippen LogP contribution in [-0.2, 0) is 9.53 Å². The fourth-order valence-electron chi connectivity index (χ4n) is 2.62. The number of rotatable bonds is 2. The molecule has 1 fully saturated rings. The maximum Gasteiger partial charge on any atom is 0.293 e. The van der Waals surface area contributed by atoms with Crippen molar-refractivity contribution in [3.8, 4) is 0 Å². The van der Waals surface area contributed by atoms with Crippen LogP contribution in [0.25, 0.3) is 10.9 Å². The SMILES string of the molecule is CC(C)(C)OC=O.C[C@@H]1CNCCN1C(=O)c1ccc2ccccc2n1.